The Morgan fingerprint density at radius 1 is 1.29 bits per heavy atom. The number of nitrogens with one attached hydrogen (secondary N) is 1. The minimum Gasteiger partial charge on any atom is -0.482 e. The third kappa shape index (κ3) is 3.45. The van der Waals surface area contributed by atoms with Crippen molar-refractivity contribution in [3.05, 3.63) is 36.2 Å². The first-order valence-corrected chi connectivity index (χ1v) is 7.34. The van der Waals surface area contributed by atoms with E-state index in [-0.39, 0.29) is 19.0 Å². The molecule has 126 valence electrons. The predicted octanol–water partition coefficient (Wildman–Crippen LogP) is 0.207. The summed E-state index contributed by atoms with van der Waals surface area (Å²) >= 11 is 0. The van der Waals surface area contributed by atoms with E-state index in [4.69, 9.17) is 14.6 Å². The molecule has 0 spiro atoms. The summed E-state index contributed by atoms with van der Waals surface area (Å²) in [7, 11) is 0. The number of carboxylic acid groups (broad SMARTS) is 1. The highest BCUT2D eigenvalue weighted by atomic mass is 16.6. The molecule has 1 aromatic carbocycles. The number of benzene rings is 1. The summed E-state index contributed by atoms with van der Waals surface area (Å²) < 4.78 is 12.6. The third-order valence-electron chi connectivity index (χ3n) is 3.43. The number of rotatable bonds is 5. The Morgan fingerprint density at radius 3 is 2.71 bits per heavy atom. The Bertz CT molecular complexity index is 760. The van der Waals surface area contributed by atoms with Crippen LogP contribution in [0.3, 0.4) is 0 Å². The molecule has 0 fully saturated rings. The normalized spacial score (nSPS) is 18.9. The van der Waals surface area contributed by atoms with Crippen molar-refractivity contribution in [3.63, 3.8) is 0 Å². The van der Waals surface area contributed by atoms with Gasteiger partial charge in [-0.1, -0.05) is 17.3 Å². The van der Waals surface area contributed by atoms with Crippen LogP contribution in [0.1, 0.15) is 12.6 Å². The highest BCUT2D eigenvalue weighted by Crippen LogP contribution is 2.33. The van der Waals surface area contributed by atoms with E-state index < -0.39 is 18.2 Å². The van der Waals surface area contributed by atoms with Gasteiger partial charge in [0.1, 0.15) is 18.3 Å². The number of aromatic nitrogens is 3. The molecule has 9 nitrogen and oxygen atoms in total. The molecule has 2 aromatic rings. The number of hydrogen-bond donors (Lipinski definition) is 2. The Morgan fingerprint density at radius 2 is 2.00 bits per heavy atom. The second-order valence-electron chi connectivity index (χ2n) is 5.33. The standard InChI is InChI=1S/C15H16N4O5/c1-9-14(24-12-5-3-2-4-11(12)23-9)15(22)16-6-10-7-19(18-17-10)8-13(20)21/h2-5,7,9,14H,6,8H2,1H3,(H,16,22)(H,20,21). The molecule has 2 atom stereocenters. The first-order chi connectivity index (χ1) is 11.5. The molecule has 2 N–H and O–H groups in total. The summed E-state index contributed by atoms with van der Waals surface area (Å²) in [6.07, 6.45) is 0.238. The molecule has 1 aliphatic heterocycles. The largest absolute Gasteiger partial charge is 0.482 e. The maximum atomic E-state index is 12.3. The second kappa shape index (κ2) is 6.57. The minimum absolute atomic E-state index is 0.118. The Hall–Kier alpha value is -3.10. The van der Waals surface area contributed by atoms with Crippen molar-refractivity contribution < 1.29 is 24.2 Å². The van der Waals surface area contributed by atoms with E-state index >= 15 is 0 Å². The van der Waals surface area contributed by atoms with Crippen molar-refractivity contribution in [3.8, 4) is 11.5 Å². The number of para-hydroxylation sites is 2. The average molecular weight is 332 g/mol. The lowest BCUT2D eigenvalue weighted by Gasteiger charge is -2.30. The van der Waals surface area contributed by atoms with Crippen LogP contribution in [0, 0.1) is 0 Å². The van der Waals surface area contributed by atoms with Crippen LogP contribution in [0.25, 0.3) is 0 Å². The fourth-order valence-electron chi connectivity index (χ4n) is 2.32. The average Bonchev–Trinajstić information content (AvgIpc) is 2.98. The van der Waals surface area contributed by atoms with Gasteiger partial charge in [-0.2, -0.15) is 0 Å². The Labute approximate surface area is 137 Å². The molecule has 0 saturated heterocycles. The zero-order chi connectivity index (χ0) is 17.1. The van der Waals surface area contributed by atoms with Crippen molar-refractivity contribution in [2.45, 2.75) is 32.2 Å². The van der Waals surface area contributed by atoms with Gasteiger partial charge in [-0.3, -0.25) is 9.59 Å². The van der Waals surface area contributed by atoms with Crippen LogP contribution < -0.4 is 14.8 Å². The van der Waals surface area contributed by atoms with Gasteiger partial charge >= 0.3 is 5.97 Å². The molecule has 2 unspecified atom stereocenters. The van der Waals surface area contributed by atoms with Crippen LogP contribution >= 0.6 is 0 Å². The first-order valence-electron chi connectivity index (χ1n) is 7.34. The number of aliphatic carboxylic acids is 1. The van der Waals surface area contributed by atoms with Crippen LogP contribution in [0.15, 0.2) is 30.5 Å². The lowest BCUT2D eigenvalue weighted by molar-refractivity contribution is -0.138. The van der Waals surface area contributed by atoms with E-state index in [1.807, 2.05) is 6.07 Å². The number of carbonyl (C=O) groups is 2. The van der Waals surface area contributed by atoms with Crippen molar-refractivity contribution >= 4 is 11.9 Å². The van der Waals surface area contributed by atoms with Crippen molar-refractivity contribution in [1.29, 1.82) is 0 Å². The van der Waals surface area contributed by atoms with Gasteiger partial charge in [0.15, 0.2) is 11.5 Å². The van der Waals surface area contributed by atoms with E-state index in [1.54, 1.807) is 25.1 Å². The topological polar surface area (TPSA) is 116 Å². The van der Waals surface area contributed by atoms with Gasteiger partial charge in [0.05, 0.1) is 12.7 Å². The number of amides is 1. The molecule has 2 heterocycles. The van der Waals surface area contributed by atoms with Gasteiger partial charge in [-0.25, -0.2) is 4.68 Å². The molecule has 1 aliphatic rings. The number of hydrogen-bond acceptors (Lipinski definition) is 6. The summed E-state index contributed by atoms with van der Waals surface area (Å²) in [6, 6.07) is 7.14. The van der Waals surface area contributed by atoms with Gasteiger partial charge in [-0.05, 0) is 19.1 Å². The first kappa shape index (κ1) is 15.8. The molecule has 0 saturated carbocycles. The van der Waals surface area contributed by atoms with E-state index in [0.717, 1.165) is 0 Å². The molecule has 0 radical (unpaired) electrons. The summed E-state index contributed by atoms with van der Waals surface area (Å²) in [5.74, 6) is -0.241. The molecule has 1 aromatic heterocycles. The fourth-order valence-corrected chi connectivity index (χ4v) is 2.32. The van der Waals surface area contributed by atoms with E-state index in [0.29, 0.717) is 17.2 Å². The zero-order valence-corrected chi connectivity index (χ0v) is 12.9. The Balaban J connectivity index is 1.59. The third-order valence-corrected chi connectivity index (χ3v) is 3.43. The van der Waals surface area contributed by atoms with E-state index in [2.05, 4.69) is 15.6 Å². The number of carbonyl (C=O) groups excluding carboxylic acids is 1. The van der Waals surface area contributed by atoms with Gasteiger partial charge in [0.2, 0.25) is 6.10 Å². The molecule has 1 amide bonds. The van der Waals surface area contributed by atoms with Crippen molar-refractivity contribution in [1.82, 2.24) is 20.3 Å². The molecule has 9 heteroatoms. The molecular formula is C15H16N4O5. The summed E-state index contributed by atoms with van der Waals surface area (Å²) in [6.45, 7) is 1.59. The minimum atomic E-state index is -1.02. The second-order valence-corrected chi connectivity index (χ2v) is 5.33. The molecule has 24 heavy (non-hydrogen) atoms. The summed E-state index contributed by atoms with van der Waals surface area (Å²) in [5.41, 5.74) is 0.453. The summed E-state index contributed by atoms with van der Waals surface area (Å²) in [5, 5.41) is 18.8. The number of ether oxygens (including phenoxy) is 2. The Kier molecular flexibility index (Phi) is 4.32. The maximum Gasteiger partial charge on any atom is 0.325 e. The SMILES string of the molecule is CC1Oc2ccccc2OC1C(=O)NCc1cn(CC(=O)O)nn1. The highest BCUT2D eigenvalue weighted by molar-refractivity contribution is 5.82. The van der Waals surface area contributed by atoms with Gasteiger partial charge in [-0.15, -0.1) is 5.10 Å². The lowest BCUT2D eigenvalue weighted by Crippen LogP contribution is -2.48. The number of nitrogens with zero attached hydrogens (tertiary/aromatic N) is 3. The number of fused-ring (bicyclic) bond motifs is 1. The number of carboxylic acids is 1. The zero-order valence-electron chi connectivity index (χ0n) is 12.9. The highest BCUT2D eigenvalue weighted by Gasteiger charge is 2.33. The van der Waals surface area contributed by atoms with Crippen molar-refractivity contribution in [2.24, 2.45) is 0 Å². The van der Waals surface area contributed by atoms with E-state index in [1.165, 1.54) is 10.9 Å². The van der Waals surface area contributed by atoms with E-state index in [9.17, 15) is 9.59 Å². The van der Waals surface area contributed by atoms with Crippen molar-refractivity contribution in [2.75, 3.05) is 0 Å². The molecular weight excluding hydrogens is 316 g/mol. The molecule has 3 rings (SSSR count). The van der Waals surface area contributed by atoms with Crippen LogP contribution in [0.4, 0.5) is 0 Å². The fraction of sp³-hybridized carbons (Fsp3) is 0.333. The molecule has 0 bridgehead atoms. The van der Waals surface area contributed by atoms with Crippen LogP contribution in [0.2, 0.25) is 0 Å². The predicted molar refractivity (Wildman–Crippen MR) is 80.5 cm³/mol. The summed E-state index contributed by atoms with van der Waals surface area (Å²) in [4.78, 5) is 22.9. The monoisotopic (exact) mass is 332 g/mol. The van der Waals surface area contributed by atoms with Gasteiger partial charge in [0.25, 0.3) is 5.91 Å². The van der Waals surface area contributed by atoms with Gasteiger partial charge < -0.3 is 19.9 Å². The maximum absolute atomic E-state index is 12.3. The smallest absolute Gasteiger partial charge is 0.325 e. The van der Waals surface area contributed by atoms with Crippen LogP contribution in [-0.2, 0) is 22.7 Å². The lowest BCUT2D eigenvalue weighted by atomic mass is 10.1. The quantitative estimate of drug-likeness (QED) is 0.804. The van der Waals surface area contributed by atoms with Crippen LogP contribution in [-0.4, -0.2) is 44.2 Å². The van der Waals surface area contributed by atoms with Crippen LogP contribution in [0.5, 0.6) is 11.5 Å². The molecule has 0 aliphatic carbocycles. The van der Waals surface area contributed by atoms with Gasteiger partial charge in [0, 0.05) is 0 Å².